The molecule has 0 aliphatic heterocycles. The van der Waals surface area contributed by atoms with Crippen molar-refractivity contribution in [2.75, 3.05) is 6.61 Å². The molecule has 1 aromatic carbocycles. The minimum Gasteiger partial charge on any atom is -0.492 e. The van der Waals surface area contributed by atoms with Gasteiger partial charge in [0.2, 0.25) is 0 Å². The van der Waals surface area contributed by atoms with Crippen molar-refractivity contribution in [2.45, 2.75) is 19.4 Å². The van der Waals surface area contributed by atoms with E-state index in [1.54, 1.807) is 12.3 Å². The van der Waals surface area contributed by atoms with Crippen LogP contribution in [0.2, 0.25) is 0 Å². The van der Waals surface area contributed by atoms with Gasteiger partial charge in [-0.2, -0.15) is 0 Å². The van der Waals surface area contributed by atoms with E-state index in [4.69, 9.17) is 4.74 Å². The van der Waals surface area contributed by atoms with E-state index in [0.29, 0.717) is 23.5 Å². The van der Waals surface area contributed by atoms with E-state index in [1.807, 2.05) is 6.92 Å². The van der Waals surface area contributed by atoms with Crippen molar-refractivity contribution in [3.63, 3.8) is 0 Å². The average Bonchev–Trinajstić information content (AvgIpc) is 2.43. The Morgan fingerprint density at radius 2 is 2.00 bits per heavy atom. The highest BCUT2D eigenvalue weighted by Crippen LogP contribution is 2.22. The standard InChI is InChI=1S/C15H15F2NO2/c1-2-20-12-7-11(8-18-9-12)15(19)6-10-3-4-13(16)14(17)5-10/h3-5,7-9,15,19H,2,6H2,1H3. The van der Waals surface area contributed by atoms with Crippen LogP contribution in [-0.2, 0) is 6.42 Å². The van der Waals surface area contributed by atoms with Crippen LogP contribution in [0.25, 0.3) is 0 Å². The molecular weight excluding hydrogens is 264 g/mol. The van der Waals surface area contributed by atoms with Gasteiger partial charge < -0.3 is 9.84 Å². The van der Waals surface area contributed by atoms with E-state index in [9.17, 15) is 13.9 Å². The third-order valence-corrected chi connectivity index (χ3v) is 2.84. The summed E-state index contributed by atoms with van der Waals surface area (Å²) in [4.78, 5) is 3.98. The van der Waals surface area contributed by atoms with E-state index >= 15 is 0 Å². The highest BCUT2D eigenvalue weighted by molar-refractivity contribution is 5.27. The maximum atomic E-state index is 13.1. The highest BCUT2D eigenvalue weighted by atomic mass is 19.2. The summed E-state index contributed by atoms with van der Waals surface area (Å²) in [5.74, 6) is -1.26. The lowest BCUT2D eigenvalue weighted by atomic mass is 10.0. The van der Waals surface area contributed by atoms with Crippen molar-refractivity contribution in [3.05, 3.63) is 59.4 Å². The fourth-order valence-electron chi connectivity index (χ4n) is 1.87. The topological polar surface area (TPSA) is 42.4 Å². The lowest BCUT2D eigenvalue weighted by molar-refractivity contribution is 0.177. The first kappa shape index (κ1) is 14.4. The number of nitrogens with zero attached hydrogens (tertiary/aromatic N) is 1. The SMILES string of the molecule is CCOc1cncc(C(O)Cc2ccc(F)c(F)c2)c1. The van der Waals surface area contributed by atoms with Crippen molar-refractivity contribution < 1.29 is 18.6 Å². The summed E-state index contributed by atoms with van der Waals surface area (Å²) in [6.45, 7) is 2.36. The highest BCUT2D eigenvalue weighted by Gasteiger charge is 2.12. The number of aromatic nitrogens is 1. The second-order valence-corrected chi connectivity index (χ2v) is 4.36. The zero-order chi connectivity index (χ0) is 14.5. The normalized spacial score (nSPS) is 12.2. The van der Waals surface area contributed by atoms with E-state index in [-0.39, 0.29) is 6.42 Å². The van der Waals surface area contributed by atoms with Crippen LogP contribution in [0, 0.1) is 11.6 Å². The molecule has 1 aromatic heterocycles. The molecule has 0 radical (unpaired) electrons. The summed E-state index contributed by atoms with van der Waals surface area (Å²) < 4.78 is 31.2. The summed E-state index contributed by atoms with van der Waals surface area (Å²) in [6, 6.07) is 5.26. The molecule has 0 fully saturated rings. The Balaban J connectivity index is 2.12. The predicted molar refractivity (Wildman–Crippen MR) is 70.4 cm³/mol. The molecule has 2 rings (SSSR count). The third-order valence-electron chi connectivity index (χ3n) is 2.84. The zero-order valence-electron chi connectivity index (χ0n) is 11.0. The van der Waals surface area contributed by atoms with Gasteiger partial charge in [-0.25, -0.2) is 8.78 Å². The molecule has 106 valence electrons. The number of pyridine rings is 1. The third kappa shape index (κ3) is 3.51. The number of ether oxygens (including phenoxy) is 1. The Bertz CT molecular complexity index is 590. The van der Waals surface area contributed by atoms with Crippen LogP contribution in [0.3, 0.4) is 0 Å². The van der Waals surface area contributed by atoms with Gasteiger partial charge >= 0.3 is 0 Å². The number of hydrogen-bond donors (Lipinski definition) is 1. The van der Waals surface area contributed by atoms with Gasteiger partial charge in [0.25, 0.3) is 0 Å². The molecule has 0 saturated carbocycles. The predicted octanol–water partition coefficient (Wildman–Crippen LogP) is 3.03. The monoisotopic (exact) mass is 279 g/mol. The maximum Gasteiger partial charge on any atom is 0.159 e. The first-order valence-corrected chi connectivity index (χ1v) is 6.30. The number of hydrogen-bond acceptors (Lipinski definition) is 3. The molecule has 2 aromatic rings. The first-order valence-electron chi connectivity index (χ1n) is 6.30. The molecular formula is C15H15F2NO2. The van der Waals surface area contributed by atoms with E-state index < -0.39 is 17.7 Å². The van der Waals surface area contributed by atoms with Crippen LogP contribution in [0.15, 0.2) is 36.7 Å². The quantitative estimate of drug-likeness (QED) is 0.914. The molecule has 20 heavy (non-hydrogen) atoms. The number of aliphatic hydroxyl groups excluding tert-OH is 1. The minimum absolute atomic E-state index is 0.175. The lowest BCUT2D eigenvalue weighted by Gasteiger charge is -2.12. The Hall–Kier alpha value is -2.01. The number of benzene rings is 1. The molecule has 1 N–H and O–H groups in total. The van der Waals surface area contributed by atoms with Crippen LogP contribution in [0.4, 0.5) is 8.78 Å². The lowest BCUT2D eigenvalue weighted by Crippen LogP contribution is -2.04. The Morgan fingerprint density at radius 1 is 1.20 bits per heavy atom. The van der Waals surface area contributed by atoms with Crippen molar-refractivity contribution in [2.24, 2.45) is 0 Å². The Morgan fingerprint density at radius 3 is 2.70 bits per heavy atom. The molecule has 0 aliphatic carbocycles. The summed E-state index contributed by atoms with van der Waals surface area (Å²) in [6.07, 6.45) is 2.39. The largest absolute Gasteiger partial charge is 0.492 e. The van der Waals surface area contributed by atoms with Gasteiger partial charge in [-0.3, -0.25) is 4.98 Å². The summed E-state index contributed by atoms with van der Waals surface area (Å²) in [5.41, 5.74) is 1.08. The van der Waals surface area contributed by atoms with Gasteiger partial charge in [-0.15, -0.1) is 0 Å². The van der Waals surface area contributed by atoms with Crippen LogP contribution in [0.5, 0.6) is 5.75 Å². The summed E-state index contributed by atoms with van der Waals surface area (Å²) in [7, 11) is 0. The summed E-state index contributed by atoms with van der Waals surface area (Å²) >= 11 is 0. The van der Waals surface area contributed by atoms with Gasteiger partial charge in [0.1, 0.15) is 5.75 Å². The first-order chi connectivity index (χ1) is 9.60. The van der Waals surface area contributed by atoms with Gasteiger partial charge in [-0.1, -0.05) is 6.07 Å². The second-order valence-electron chi connectivity index (χ2n) is 4.36. The van der Waals surface area contributed by atoms with Gasteiger partial charge in [-0.05, 0) is 30.7 Å². The van der Waals surface area contributed by atoms with Gasteiger partial charge in [0.05, 0.1) is 18.9 Å². The van der Waals surface area contributed by atoms with E-state index in [2.05, 4.69) is 4.98 Å². The molecule has 1 heterocycles. The van der Waals surface area contributed by atoms with Crippen molar-refractivity contribution >= 4 is 0 Å². The van der Waals surface area contributed by atoms with Gasteiger partial charge in [0, 0.05) is 18.2 Å². The molecule has 0 bridgehead atoms. The molecule has 3 nitrogen and oxygen atoms in total. The van der Waals surface area contributed by atoms with E-state index in [1.165, 1.54) is 12.3 Å². The smallest absolute Gasteiger partial charge is 0.159 e. The molecule has 0 amide bonds. The van der Waals surface area contributed by atoms with Crippen molar-refractivity contribution in [3.8, 4) is 5.75 Å². The van der Waals surface area contributed by atoms with Crippen LogP contribution >= 0.6 is 0 Å². The van der Waals surface area contributed by atoms with Crippen LogP contribution in [0.1, 0.15) is 24.2 Å². The Kier molecular flexibility index (Phi) is 4.63. The average molecular weight is 279 g/mol. The molecule has 0 spiro atoms. The molecule has 1 unspecified atom stereocenters. The molecule has 5 heteroatoms. The Labute approximate surface area is 115 Å². The van der Waals surface area contributed by atoms with E-state index in [0.717, 1.165) is 12.1 Å². The molecule has 1 atom stereocenters. The van der Waals surface area contributed by atoms with Crippen molar-refractivity contribution in [1.82, 2.24) is 4.98 Å². The molecule has 0 aliphatic rings. The fourth-order valence-corrected chi connectivity index (χ4v) is 1.87. The van der Waals surface area contributed by atoms with Crippen molar-refractivity contribution in [1.29, 1.82) is 0 Å². The number of halogens is 2. The summed E-state index contributed by atoms with van der Waals surface area (Å²) in [5, 5.41) is 10.1. The zero-order valence-corrected chi connectivity index (χ0v) is 11.0. The van der Waals surface area contributed by atoms with Gasteiger partial charge in [0.15, 0.2) is 11.6 Å². The number of rotatable bonds is 5. The molecule has 0 saturated heterocycles. The maximum absolute atomic E-state index is 13.1. The number of aliphatic hydroxyl groups is 1. The minimum atomic E-state index is -0.920. The van der Waals surface area contributed by atoms with Crippen LogP contribution in [-0.4, -0.2) is 16.7 Å². The second kappa shape index (κ2) is 6.43. The van der Waals surface area contributed by atoms with Crippen LogP contribution < -0.4 is 4.74 Å². The fraction of sp³-hybridized carbons (Fsp3) is 0.267.